The molecular formula is C24H23IN2O4S. The molecule has 0 aliphatic carbocycles. The summed E-state index contributed by atoms with van der Waals surface area (Å²) in [6, 6.07) is 8.09. The van der Waals surface area contributed by atoms with Gasteiger partial charge < -0.3 is 13.9 Å². The molecule has 32 heavy (non-hydrogen) atoms. The van der Waals surface area contributed by atoms with Gasteiger partial charge in [0.2, 0.25) is 5.88 Å². The number of aromatic nitrogens is 2. The van der Waals surface area contributed by atoms with Gasteiger partial charge in [-0.3, -0.25) is 4.79 Å². The third-order valence-electron chi connectivity index (χ3n) is 4.39. The molecule has 1 unspecified atom stereocenters. The number of carbonyl (C=O) groups excluding carboxylic acids is 1. The topological polar surface area (TPSA) is 74.5 Å². The molecule has 6 nitrogen and oxygen atoms in total. The van der Waals surface area contributed by atoms with Crippen molar-refractivity contribution in [1.82, 2.24) is 9.97 Å². The predicted octanol–water partition coefficient (Wildman–Crippen LogP) is 5.99. The Morgan fingerprint density at radius 3 is 2.81 bits per heavy atom. The molecule has 8 heteroatoms. The number of ether oxygens (including phenoxy) is 2. The Balaban J connectivity index is 0.000000427. The van der Waals surface area contributed by atoms with E-state index < -0.39 is 0 Å². The lowest BCUT2D eigenvalue weighted by Crippen LogP contribution is -2.16. The largest absolute Gasteiger partial charge is 0.474 e. The number of hydrogen-bond acceptors (Lipinski definition) is 7. The number of fused-ring (bicyclic) bond motifs is 2. The molecule has 166 valence electrons. The average Bonchev–Trinajstić information content (AvgIpc) is 3.35. The number of carbonyl (C=O) groups is 1. The van der Waals surface area contributed by atoms with Crippen LogP contribution in [0.5, 0.6) is 5.88 Å². The molecule has 1 atom stereocenters. The van der Waals surface area contributed by atoms with Crippen molar-refractivity contribution in [2.45, 2.75) is 40.2 Å². The summed E-state index contributed by atoms with van der Waals surface area (Å²) < 4.78 is 17.1. The van der Waals surface area contributed by atoms with Crippen molar-refractivity contribution >= 4 is 61.1 Å². The zero-order chi connectivity index (χ0) is 23.1. The van der Waals surface area contributed by atoms with Crippen LogP contribution in [0, 0.1) is 15.4 Å². The van der Waals surface area contributed by atoms with E-state index >= 15 is 0 Å². The zero-order valence-electron chi connectivity index (χ0n) is 18.3. The van der Waals surface area contributed by atoms with Gasteiger partial charge in [0.1, 0.15) is 22.8 Å². The first-order valence-electron chi connectivity index (χ1n) is 10.0. The molecule has 0 spiro atoms. The van der Waals surface area contributed by atoms with Crippen LogP contribution in [0.1, 0.15) is 38.1 Å². The Hall–Kier alpha value is -2.64. The van der Waals surface area contributed by atoms with Gasteiger partial charge in [0, 0.05) is 18.7 Å². The van der Waals surface area contributed by atoms with Gasteiger partial charge in [-0.15, -0.1) is 17.3 Å². The maximum Gasteiger partial charge on any atom is 0.302 e. The summed E-state index contributed by atoms with van der Waals surface area (Å²) in [7, 11) is 0. The van der Waals surface area contributed by atoms with Crippen molar-refractivity contribution < 1.29 is 18.7 Å². The monoisotopic (exact) mass is 562 g/mol. The van der Waals surface area contributed by atoms with Crippen LogP contribution in [0.3, 0.4) is 0 Å². The number of nitrogens with zero attached hydrogens (tertiary/aromatic N) is 2. The number of benzene rings is 1. The lowest BCUT2D eigenvalue weighted by Gasteiger charge is -2.15. The Kier molecular flexibility index (Phi) is 8.47. The molecule has 0 amide bonds. The summed E-state index contributed by atoms with van der Waals surface area (Å²) in [6.07, 6.45) is 4.00. The third-order valence-corrected chi connectivity index (χ3v) is 6.85. The smallest absolute Gasteiger partial charge is 0.302 e. The van der Waals surface area contributed by atoms with Crippen molar-refractivity contribution in [2.24, 2.45) is 0 Å². The fourth-order valence-corrected chi connectivity index (χ4v) is 5.20. The van der Waals surface area contributed by atoms with Crippen molar-refractivity contribution in [3.8, 4) is 17.7 Å². The van der Waals surface area contributed by atoms with Crippen molar-refractivity contribution in [3.63, 3.8) is 0 Å². The van der Waals surface area contributed by atoms with Gasteiger partial charge in [0.05, 0.1) is 26.7 Å². The minimum Gasteiger partial charge on any atom is -0.474 e. The van der Waals surface area contributed by atoms with E-state index in [0.717, 1.165) is 36.1 Å². The van der Waals surface area contributed by atoms with Gasteiger partial charge in [0.15, 0.2) is 0 Å². The molecule has 3 aromatic heterocycles. The Morgan fingerprint density at radius 2 is 2.12 bits per heavy atom. The number of halogens is 1. The van der Waals surface area contributed by atoms with Crippen LogP contribution in [0.4, 0.5) is 0 Å². The molecule has 0 aliphatic rings. The molecule has 0 radical (unpaired) electrons. The number of furan rings is 1. The highest BCUT2D eigenvalue weighted by Gasteiger charge is 2.18. The quantitative estimate of drug-likeness (QED) is 0.169. The van der Waals surface area contributed by atoms with Crippen LogP contribution in [0.2, 0.25) is 0 Å². The standard InChI is InChI=1S/C20H15IN2O2S.C4H8O2/c1-3-5-16-18(21)17-19(22-11-23-20(17)26-16)25-12(2)10-13-6-4-7-15-14(13)8-9-24-15;1-3-6-4(2)5/h4,6-9,11-12H,10H2,1-2H3;3H2,1-2H3. The van der Waals surface area contributed by atoms with Crippen LogP contribution in [-0.2, 0) is 16.0 Å². The molecule has 0 bridgehead atoms. The summed E-state index contributed by atoms with van der Waals surface area (Å²) in [4.78, 5) is 20.5. The van der Waals surface area contributed by atoms with E-state index in [9.17, 15) is 4.79 Å². The number of esters is 1. The van der Waals surface area contributed by atoms with Crippen LogP contribution >= 0.6 is 33.9 Å². The normalized spacial score (nSPS) is 11.3. The molecule has 0 saturated carbocycles. The SMILES string of the molecule is CC#Cc1sc2ncnc(OC(C)Cc3cccc4occc34)c2c1I.CCOC(C)=O. The fourth-order valence-electron chi connectivity index (χ4n) is 3.14. The number of rotatable bonds is 5. The van der Waals surface area contributed by atoms with E-state index in [2.05, 4.69) is 62.1 Å². The van der Waals surface area contributed by atoms with Gasteiger partial charge in [0.25, 0.3) is 0 Å². The number of thiophene rings is 1. The lowest BCUT2D eigenvalue weighted by molar-refractivity contribution is -0.140. The van der Waals surface area contributed by atoms with E-state index in [4.69, 9.17) is 9.15 Å². The molecule has 0 aliphatic heterocycles. The van der Waals surface area contributed by atoms with Crippen LogP contribution in [0.15, 0.2) is 41.3 Å². The van der Waals surface area contributed by atoms with Gasteiger partial charge in [-0.2, -0.15) is 0 Å². The Morgan fingerprint density at radius 1 is 1.31 bits per heavy atom. The van der Waals surface area contributed by atoms with Gasteiger partial charge in [-0.25, -0.2) is 9.97 Å². The minimum absolute atomic E-state index is 0.0370. The first-order valence-corrected chi connectivity index (χ1v) is 11.9. The molecule has 4 aromatic rings. The van der Waals surface area contributed by atoms with Crippen LogP contribution in [0.25, 0.3) is 21.2 Å². The second-order valence-electron chi connectivity index (χ2n) is 6.79. The van der Waals surface area contributed by atoms with E-state index in [0.29, 0.717) is 12.5 Å². The molecule has 0 saturated heterocycles. The summed E-state index contributed by atoms with van der Waals surface area (Å²) in [5, 5.41) is 2.07. The third kappa shape index (κ3) is 5.78. The van der Waals surface area contributed by atoms with E-state index in [1.807, 2.05) is 25.1 Å². The van der Waals surface area contributed by atoms with Gasteiger partial charge >= 0.3 is 5.97 Å². The van der Waals surface area contributed by atoms with Crippen LogP contribution in [-0.4, -0.2) is 28.6 Å². The fraction of sp³-hybridized carbons (Fsp3) is 0.292. The minimum atomic E-state index is -0.211. The molecule has 3 heterocycles. The average molecular weight is 562 g/mol. The van der Waals surface area contributed by atoms with Crippen molar-refractivity contribution in [1.29, 1.82) is 0 Å². The summed E-state index contributed by atoms with van der Waals surface area (Å²) in [5.41, 5.74) is 2.10. The highest BCUT2D eigenvalue weighted by molar-refractivity contribution is 14.1. The first-order chi connectivity index (χ1) is 15.4. The van der Waals surface area contributed by atoms with E-state index in [-0.39, 0.29) is 12.1 Å². The van der Waals surface area contributed by atoms with Gasteiger partial charge in [-0.05, 0) is 61.1 Å². The van der Waals surface area contributed by atoms with E-state index in [1.165, 1.54) is 12.5 Å². The van der Waals surface area contributed by atoms with Gasteiger partial charge in [-0.1, -0.05) is 18.1 Å². The summed E-state index contributed by atoms with van der Waals surface area (Å²) in [6.45, 7) is 7.54. The molecule has 0 N–H and O–H groups in total. The molecule has 0 fully saturated rings. The zero-order valence-corrected chi connectivity index (χ0v) is 21.2. The predicted molar refractivity (Wildman–Crippen MR) is 135 cm³/mol. The first kappa shape index (κ1) is 24.0. The maximum atomic E-state index is 9.82. The summed E-state index contributed by atoms with van der Waals surface area (Å²) in [5.74, 6) is 6.49. The second-order valence-corrected chi connectivity index (χ2v) is 8.86. The number of hydrogen-bond donors (Lipinski definition) is 0. The van der Waals surface area contributed by atoms with Crippen molar-refractivity contribution in [3.05, 3.63) is 50.9 Å². The van der Waals surface area contributed by atoms with E-state index in [1.54, 1.807) is 30.9 Å². The Bertz CT molecular complexity index is 1290. The Labute approximate surface area is 204 Å². The second kappa shape index (κ2) is 11.3. The maximum absolute atomic E-state index is 9.82. The molecular weight excluding hydrogens is 539 g/mol. The van der Waals surface area contributed by atoms with Crippen LogP contribution < -0.4 is 4.74 Å². The molecule has 1 aromatic carbocycles. The lowest BCUT2D eigenvalue weighted by atomic mass is 10.0. The highest BCUT2D eigenvalue weighted by Crippen LogP contribution is 2.36. The molecule has 4 rings (SSSR count). The summed E-state index contributed by atoms with van der Waals surface area (Å²) >= 11 is 3.87. The highest BCUT2D eigenvalue weighted by atomic mass is 127. The van der Waals surface area contributed by atoms with Crippen molar-refractivity contribution in [2.75, 3.05) is 6.61 Å².